The first-order valence-corrected chi connectivity index (χ1v) is 5.92. The molecule has 1 fully saturated rings. The number of esters is 1. The van der Waals surface area contributed by atoms with Crippen LogP contribution in [0.5, 0.6) is 0 Å². The summed E-state index contributed by atoms with van der Waals surface area (Å²) >= 11 is 0. The molecule has 1 aliphatic carbocycles. The van der Waals surface area contributed by atoms with E-state index in [9.17, 15) is 4.79 Å². The molecule has 1 saturated carbocycles. The van der Waals surface area contributed by atoms with E-state index in [1.807, 2.05) is 0 Å². The lowest BCUT2D eigenvalue weighted by Gasteiger charge is -2.22. The number of hydrogen-bond donors (Lipinski definition) is 1. The van der Waals surface area contributed by atoms with Crippen LogP contribution < -0.4 is 5.73 Å². The molecule has 2 N–H and O–H groups in total. The van der Waals surface area contributed by atoms with Crippen molar-refractivity contribution in [1.29, 1.82) is 0 Å². The molecule has 0 radical (unpaired) electrons. The second-order valence-corrected chi connectivity index (χ2v) is 5.03. The van der Waals surface area contributed by atoms with Gasteiger partial charge in [-0.15, -0.1) is 0 Å². The first kappa shape index (κ1) is 12.1. The third-order valence-electron chi connectivity index (χ3n) is 3.64. The highest BCUT2D eigenvalue weighted by Crippen LogP contribution is 2.51. The average Bonchev–Trinajstić information content (AvgIpc) is 3.07. The van der Waals surface area contributed by atoms with Gasteiger partial charge < -0.3 is 10.5 Å². The van der Waals surface area contributed by atoms with Crippen LogP contribution in [0.25, 0.3) is 0 Å². The molecule has 3 heteroatoms. The van der Waals surface area contributed by atoms with Crippen LogP contribution in [0.3, 0.4) is 0 Å². The van der Waals surface area contributed by atoms with Gasteiger partial charge in [0.15, 0.2) is 0 Å². The van der Waals surface area contributed by atoms with Gasteiger partial charge in [0, 0.05) is 5.41 Å². The fourth-order valence-corrected chi connectivity index (χ4v) is 2.53. The summed E-state index contributed by atoms with van der Waals surface area (Å²) in [5.74, 6) is -0.318. The molecule has 1 aromatic carbocycles. The van der Waals surface area contributed by atoms with E-state index in [0.29, 0.717) is 0 Å². The van der Waals surface area contributed by atoms with Crippen molar-refractivity contribution >= 4 is 5.97 Å². The molecule has 3 nitrogen and oxygen atoms in total. The maximum absolute atomic E-state index is 11.6. The van der Waals surface area contributed by atoms with Gasteiger partial charge in [-0.1, -0.05) is 29.3 Å². The summed E-state index contributed by atoms with van der Waals surface area (Å²) in [5.41, 5.74) is 9.43. The molecule has 0 heterocycles. The number of hydrogen-bond acceptors (Lipinski definition) is 3. The van der Waals surface area contributed by atoms with E-state index in [1.165, 1.54) is 23.8 Å². The van der Waals surface area contributed by atoms with Crippen LogP contribution >= 0.6 is 0 Å². The van der Waals surface area contributed by atoms with Crippen molar-refractivity contribution in [2.24, 2.45) is 5.73 Å². The van der Waals surface area contributed by atoms with E-state index in [4.69, 9.17) is 10.5 Å². The third kappa shape index (κ3) is 2.07. The predicted octanol–water partition coefficient (Wildman–Crippen LogP) is 1.84. The number of nitrogens with two attached hydrogens (primary N) is 1. The summed E-state index contributed by atoms with van der Waals surface area (Å²) in [6.07, 6.45) is 1.93. The van der Waals surface area contributed by atoms with Crippen LogP contribution in [0.15, 0.2) is 18.2 Å². The van der Waals surface area contributed by atoms with Gasteiger partial charge in [-0.05, 0) is 32.3 Å². The number of carbonyl (C=O) groups excluding carboxylic acids is 1. The minimum atomic E-state index is -0.548. The Hall–Kier alpha value is -1.35. The van der Waals surface area contributed by atoms with Crippen molar-refractivity contribution in [2.75, 3.05) is 7.11 Å². The lowest BCUT2D eigenvalue weighted by Crippen LogP contribution is -2.42. The third-order valence-corrected chi connectivity index (χ3v) is 3.64. The minimum absolute atomic E-state index is 0.191. The maximum Gasteiger partial charge on any atom is 0.323 e. The Labute approximate surface area is 102 Å². The summed E-state index contributed by atoms with van der Waals surface area (Å²) in [5, 5.41) is 0. The van der Waals surface area contributed by atoms with Crippen molar-refractivity contribution in [3.63, 3.8) is 0 Å². The van der Waals surface area contributed by atoms with Gasteiger partial charge in [0.05, 0.1) is 7.11 Å². The van der Waals surface area contributed by atoms with Gasteiger partial charge in [0.25, 0.3) is 0 Å². The number of benzene rings is 1. The highest BCUT2D eigenvalue weighted by Gasteiger charge is 2.52. The van der Waals surface area contributed by atoms with Crippen LogP contribution in [0.2, 0.25) is 0 Å². The van der Waals surface area contributed by atoms with Gasteiger partial charge in [0.2, 0.25) is 0 Å². The minimum Gasteiger partial charge on any atom is -0.468 e. The Bertz CT molecular complexity index is 429. The van der Waals surface area contributed by atoms with Crippen molar-refractivity contribution in [1.82, 2.24) is 0 Å². The fraction of sp³-hybridized carbons (Fsp3) is 0.500. The fourth-order valence-electron chi connectivity index (χ4n) is 2.53. The molecule has 0 amide bonds. The molecule has 1 unspecified atom stereocenters. The predicted molar refractivity (Wildman–Crippen MR) is 66.8 cm³/mol. The second kappa shape index (κ2) is 4.15. The van der Waals surface area contributed by atoms with E-state index in [2.05, 4.69) is 32.0 Å². The highest BCUT2D eigenvalue weighted by atomic mass is 16.5. The molecule has 0 saturated heterocycles. The normalized spacial score (nSPS) is 18.6. The van der Waals surface area contributed by atoms with E-state index < -0.39 is 6.04 Å². The topological polar surface area (TPSA) is 52.3 Å². The number of methoxy groups -OCH3 is 1. The van der Waals surface area contributed by atoms with Gasteiger partial charge in [-0.2, -0.15) is 0 Å². The smallest absolute Gasteiger partial charge is 0.323 e. The standard InChI is InChI=1S/C14H19NO2/c1-9-6-10(2)8-11(7-9)14(4-5-14)12(15)13(16)17-3/h6-8,12H,4-5,15H2,1-3H3. The molecule has 92 valence electrons. The quantitative estimate of drug-likeness (QED) is 0.810. The molecule has 17 heavy (non-hydrogen) atoms. The number of ether oxygens (including phenoxy) is 1. The van der Waals surface area contributed by atoms with Crippen LogP contribution in [0.1, 0.15) is 29.5 Å². The zero-order valence-corrected chi connectivity index (χ0v) is 10.6. The van der Waals surface area contributed by atoms with Gasteiger partial charge in [0.1, 0.15) is 6.04 Å². The summed E-state index contributed by atoms with van der Waals surface area (Å²) in [6.45, 7) is 4.13. The molecule has 2 rings (SSSR count). The molecular formula is C14H19NO2. The monoisotopic (exact) mass is 233 g/mol. The van der Waals surface area contributed by atoms with Crippen LogP contribution in [-0.4, -0.2) is 19.1 Å². The molecule has 0 aliphatic heterocycles. The molecule has 1 aliphatic rings. The van der Waals surface area contributed by atoms with Crippen LogP contribution in [-0.2, 0) is 14.9 Å². The summed E-state index contributed by atoms with van der Waals surface area (Å²) in [6, 6.07) is 5.84. The van der Waals surface area contributed by atoms with Crippen molar-refractivity contribution < 1.29 is 9.53 Å². The summed E-state index contributed by atoms with van der Waals surface area (Å²) in [4.78, 5) is 11.6. The average molecular weight is 233 g/mol. The van der Waals surface area contributed by atoms with E-state index in [0.717, 1.165) is 12.8 Å². The molecular weight excluding hydrogens is 214 g/mol. The zero-order chi connectivity index (χ0) is 12.6. The van der Waals surface area contributed by atoms with Gasteiger partial charge >= 0.3 is 5.97 Å². The van der Waals surface area contributed by atoms with Crippen molar-refractivity contribution in [3.05, 3.63) is 34.9 Å². The molecule has 1 aromatic rings. The first-order chi connectivity index (χ1) is 7.99. The van der Waals surface area contributed by atoms with E-state index in [1.54, 1.807) is 0 Å². The van der Waals surface area contributed by atoms with E-state index in [-0.39, 0.29) is 11.4 Å². The SMILES string of the molecule is COC(=O)C(N)C1(c2cc(C)cc(C)c2)CC1. The molecule has 1 atom stereocenters. The largest absolute Gasteiger partial charge is 0.468 e. The Morgan fingerprint density at radius 3 is 2.24 bits per heavy atom. The van der Waals surface area contributed by atoms with Crippen LogP contribution in [0, 0.1) is 13.8 Å². The number of carbonyl (C=O) groups is 1. The number of aryl methyl sites for hydroxylation is 2. The lowest BCUT2D eigenvalue weighted by molar-refractivity contribution is -0.143. The zero-order valence-electron chi connectivity index (χ0n) is 10.6. The molecule has 0 bridgehead atoms. The van der Waals surface area contributed by atoms with Crippen molar-refractivity contribution in [3.8, 4) is 0 Å². The van der Waals surface area contributed by atoms with Crippen LogP contribution in [0.4, 0.5) is 0 Å². The van der Waals surface area contributed by atoms with E-state index >= 15 is 0 Å². The van der Waals surface area contributed by atoms with Crippen molar-refractivity contribution in [2.45, 2.75) is 38.1 Å². The van der Waals surface area contributed by atoms with Gasteiger partial charge in [-0.3, -0.25) is 4.79 Å². The Morgan fingerprint density at radius 2 is 1.82 bits per heavy atom. The lowest BCUT2D eigenvalue weighted by atomic mass is 9.86. The highest BCUT2D eigenvalue weighted by molar-refractivity contribution is 5.79. The Balaban J connectivity index is 2.35. The summed E-state index contributed by atoms with van der Waals surface area (Å²) < 4.78 is 4.76. The Morgan fingerprint density at radius 1 is 1.29 bits per heavy atom. The first-order valence-electron chi connectivity index (χ1n) is 5.92. The van der Waals surface area contributed by atoms with Gasteiger partial charge in [-0.25, -0.2) is 0 Å². The Kier molecular flexibility index (Phi) is 2.96. The second-order valence-electron chi connectivity index (χ2n) is 5.03. The summed E-state index contributed by atoms with van der Waals surface area (Å²) in [7, 11) is 1.39. The maximum atomic E-state index is 11.6. The molecule has 0 aromatic heterocycles. The molecule has 0 spiro atoms. The number of rotatable bonds is 3.